The highest BCUT2D eigenvalue weighted by Crippen LogP contribution is 2.22. The van der Waals surface area contributed by atoms with Gasteiger partial charge in [-0.2, -0.15) is 21.6 Å². The molecule has 0 saturated carbocycles. The quantitative estimate of drug-likeness (QED) is 0.546. The largest absolute Gasteiger partial charge is 0.522 e. The lowest BCUT2D eigenvalue weighted by atomic mass is 9.98. The van der Waals surface area contributed by atoms with E-state index in [0.29, 0.717) is 16.5 Å². The fourth-order valence-electron chi connectivity index (χ4n) is 1.75. The number of alkyl halides is 3. The summed E-state index contributed by atoms with van der Waals surface area (Å²) in [5.74, 6) is -1.14. The molecule has 0 spiro atoms. The smallest absolute Gasteiger partial charge is 0.366 e. The minimum Gasteiger partial charge on any atom is -0.366 e. The van der Waals surface area contributed by atoms with E-state index in [9.17, 15) is 22.8 Å². The van der Waals surface area contributed by atoms with Crippen LogP contribution in [0.2, 0.25) is 0 Å². The highest BCUT2D eigenvalue weighted by molar-refractivity contribution is 7.86. The minimum absolute atomic E-state index is 0.312. The lowest BCUT2D eigenvalue weighted by Crippen LogP contribution is -2.21. The van der Waals surface area contributed by atoms with Crippen LogP contribution in [0.1, 0.15) is 20.7 Å². The summed E-state index contributed by atoms with van der Waals surface area (Å²) < 4.78 is 57.5. The number of nitrogens with two attached hydrogens (primary N) is 2. The van der Waals surface area contributed by atoms with Crippen molar-refractivity contribution in [2.75, 3.05) is 0 Å². The molecule has 0 atom stereocenters. The number of rotatable bonds is 2. The Kier molecular flexibility index (Phi) is 5.53. The molecule has 24 heavy (non-hydrogen) atoms. The van der Waals surface area contributed by atoms with E-state index >= 15 is 0 Å². The van der Waals surface area contributed by atoms with Crippen molar-refractivity contribution in [2.24, 2.45) is 11.5 Å². The van der Waals surface area contributed by atoms with Gasteiger partial charge in [0.1, 0.15) is 0 Å². The predicted molar refractivity (Wildman–Crippen MR) is 78.6 cm³/mol. The zero-order valence-electron chi connectivity index (χ0n) is 11.7. The third-order valence-corrected chi connectivity index (χ3v) is 3.31. The van der Waals surface area contributed by atoms with E-state index in [1.54, 1.807) is 36.4 Å². The molecule has 0 unspecified atom stereocenters. The first-order chi connectivity index (χ1) is 10.9. The highest BCUT2D eigenvalue weighted by Gasteiger charge is 2.44. The van der Waals surface area contributed by atoms with Crippen molar-refractivity contribution in [1.82, 2.24) is 0 Å². The Morgan fingerprint density at radius 3 is 1.50 bits per heavy atom. The molecular formula is C13H11F3N2O5S. The van der Waals surface area contributed by atoms with E-state index in [0.717, 1.165) is 5.39 Å². The number of hydrogen-bond donors (Lipinski definition) is 3. The third-order valence-electron chi connectivity index (χ3n) is 2.73. The second-order valence-electron chi connectivity index (χ2n) is 4.36. The Labute approximate surface area is 133 Å². The highest BCUT2D eigenvalue weighted by atomic mass is 32.2. The number of halogens is 3. The van der Waals surface area contributed by atoms with Crippen molar-refractivity contribution in [3.8, 4) is 0 Å². The Balaban J connectivity index is 0.000000307. The molecule has 5 N–H and O–H groups in total. The fraction of sp³-hybridized carbons (Fsp3) is 0.0769. The first kappa shape index (κ1) is 19.4. The summed E-state index contributed by atoms with van der Waals surface area (Å²) >= 11 is 0. The molecule has 11 heteroatoms. The van der Waals surface area contributed by atoms with Crippen molar-refractivity contribution < 1.29 is 35.7 Å². The number of amides is 2. The number of hydrogen-bond acceptors (Lipinski definition) is 4. The molecule has 2 aromatic rings. The first-order valence-corrected chi connectivity index (χ1v) is 7.45. The zero-order valence-corrected chi connectivity index (χ0v) is 12.6. The molecule has 0 bridgehead atoms. The summed E-state index contributed by atoms with van der Waals surface area (Å²) in [6, 6.07) is 10.2. The van der Waals surface area contributed by atoms with Crippen LogP contribution in [0.25, 0.3) is 10.8 Å². The van der Waals surface area contributed by atoms with E-state index in [2.05, 4.69) is 0 Å². The summed E-state index contributed by atoms with van der Waals surface area (Å²) in [7, 11) is -5.84. The van der Waals surface area contributed by atoms with Crippen LogP contribution < -0.4 is 11.5 Å². The van der Waals surface area contributed by atoms with Crippen molar-refractivity contribution in [3.63, 3.8) is 0 Å². The molecule has 7 nitrogen and oxygen atoms in total. The Bertz CT molecular complexity index is 845. The van der Waals surface area contributed by atoms with Crippen LogP contribution in [0, 0.1) is 0 Å². The van der Waals surface area contributed by atoms with E-state index < -0.39 is 27.4 Å². The summed E-state index contributed by atoms with van der Waals surface area (Å²) in [6.45, 7) is 0. The summed E-state index contributed by atoms with van der Waals surface area (Å²) in [5, 5.41) is 1.29. The predicted octanol–water partition coefficient (Wildman–Crippen LogP) is 1.43. The molecule has 0 heterocycles. The average molecular weight is 364 g/mol. The van der Waals surface area contributed by atoms with Gasteiger partial charge < -0.3 is 11.5 Å². The van der Waals surface area contributed by atoms with Gasteiger partial charge in [-0.05, 0) is 17.5 Å². The van der Waals surface area contributed by atoms with Gasteiger partial charge >= 0.3 is 15.6 Å². The van der Waals surface area contributed by atoms with E-state index in [4.69, 9.17) is 24.4 Å². The van der Waals surface area contributed by atoms with Crippen LogP contribution in [0.3, 0.4) is 0 Å². The Hall–Kier alpha value is -2.66. The van der Waals surface area contributed by atoms with Crippen molar-refractivity contribution in [3.05, 3.63) is 47.5 Å². The second-order valence-corrected chi connectivity index (χ2v) is 5.77. The van der Waals surface area contributed by atoms with Crippen LogP contribution in [0.15, 0.2) is 36.4 Å². The van der Waals surface area contributed by atoms with Crippen molar-refractivity contribution >= 4 is 32.7 Å². The molecule has 0 aliphatic carbocycles. The molecule has 2 rings (SSSR count). The maximum atomic E-state index is 11.3. The standard InChI is InChI=1S/C12H10N2O2.CHF3O3S/c13-11(15)8-5-1-3-7-4-2-6-9(10(7)8)12(14)16;2-1(3,4)8(5,6)7/h1-6H,(H2,13,15)(H2,14,16);(H,5,6,7). The zero-order chi connectivity index (χ0) is 18.7. The van der Waals surface area contributed by atoms with Gasteiger partial charge in [0.15, 0.2) is 0 Å². The van der Waals surface area contributed by atoms with E-state index in [-0.39, 0.29) is 0 Å². The molecule has 0 aromatic heterocycles. The van der Waals surface area contributed by atoms with Gasteiger partial charge in [0.2, 0.25) is 11.8 Å². The molecule has 2 amide bonds. The molecular weight excluding hydrogens is 353 g/mol. The van der Waals surface area contributed by atoms with Crippen molar-refractivity contribution in [2.45, 2.75) is 5.51 Å². The lowest BCUT2D eigenvalue weighted by Gasteiger charge is -2.06. The molecule has 0 aliphatic rings. The number of carbonyl (C=O) groups is 2. The van der Waals surface area contributed by atoms with E-state index in [1.807, 2.05) is 0 Å². The van der Waals surface area contributed by atoms with Gasteiger partial charge in [-0.25, -0.2) is 0 Å². The SMILES string of the molecule is NC(=O)c1cccc2cccc(C(N)=O)c12.O=S(=O)(O)C(F)(F)F. The van der Waals surface area contributed by atoms with Gasteiger partial charge in [0.25, 0.3) is 0 Å². The van der Waals surface area contributed by atoms with Crippen LogP contribution in [0.4, 0.5) is 13.2 Å². The van der Waals surface area contributed by atoms with Gasteiger partial charge in [-0.3, -0.25) is 14.1 Å². The van der Waals surface area contributed by atoms with Crippen LogP contribution in [0.5, 0.6) is 0 Å². The van der Waals surface area contributed by atoms with Crippen molar-refractivity contribution in [1.29, 1.82) is 0 Å². The number of carbonyl (C=O) groups excluding carboxylic acids is 2. The minimum atomic E-state index is -5.84. The lowest BCUT2D eigenvalue weighted by molar-refractivity contribution is -0.0510. The van der Waals surface area contributed by atoms with Crippen LogP contribution >= 0.6 is 0 Å². The summed E-state index contributed by atoms with van der Waals surface area (Å²) in [5.41, 5.74) is 5.60. The maximum absolute atomic E-state index is 11.3. The first-order valence-electron chi connectivity index (χ1n) is 6.01. The van der Waals surface area contributed by atoms with Crippen LogP contribution in [-0.2, 0) is 10.1 Å². The summed E-state index contributed by atoms with van der Waals surface area (Å²) in [4.78, 5) is 22.5. The second kappa shape index (κ2) is 6.84. The molecule has 2 aromatic carbocycles. The van der Waals surface area contributed by atoms with Gasteiger partial charge in [0.05, 0.1) is 0 Å². The Morgan fingerprint density at radius 2 is 1.25 bits per heavy atom. The maximum Gasteiger partial charge on any atom is 0.522 e. The van der Waals surface area contributed by atoms with Gasteiger partial charge in [-0.1, -0.05) is 24.3 Å². The summed E-state index contributed by atoms with van der Waals surface area (Å²) in [6.07, 6.45) is 0. The molecule has 0 saturated heterocycles. The molecule has 0 fully saturated rings. The Morgan fingerprint density at radius 1 is 0.917 bits per heavy atom. The fourth-order valence-corrected chi connectivity index (χ4v) is 1.75. The number of primary amides is 2. The average Bonchev–Trinajstić information content (AvgIpc) is 2.44. The topological polar surface area (TPSA) is 141 Å². The monoisotopic (exact) mass is 364 g/mol. The number of benzene rings is 2. The number of fused-ring (bicyclic) bond motifs is 1. The van der Waals surface area contributed by atoms with E-state index in [1.165, 1.54) is 0 Å². The molecule has 130 valence electrons. The molecule has 0 aliphatic heterocycles. The van der Waals surface area contributed by atoms with Gasteiger partial charge in [-0.15, -0.1) is 0 Å². The van der Waals surface area contributed by atoms with Gasteiger partial charge in [0, 0.05) is 16.5 Å². The normalized spacial score (nSPS) is 11.5. The van der Waals surface area contributed by atoms with Crippen LogP contribution in [-0.4, -0.2) is 30.3 Å². The third kappa shape index (κ3) is 4.43. The molecule has 0 radical (unpaired) electrons.